The summed E-state index contributed by atoms with van der Waals surface area (Å²) in [4.78, 5) is 15.5. The third-order valence-electron chi connectivity index (χ3n) is 4.39. The van der Waals surface area contributed by atoms with E-state index in [1.54, 1.807) is 42.6 Å². The van der Waals surface area contributed by atoms with Crippen molar-refractivity contribution in [3.63, 3.8) is 0 Å². The Morgan fingerprint density at radius 3 is 2.40 bits per heavy atom. The molecule has 0 aliphatic heterocycles. The first-order valence-electron chi connectivity index (χ1n) is 9.17. The maximum atomic E-state index is 11.0. The standard InChI is InChI=1S/C24H17ClN2O3/c25-18-3-1-5-23(15-18)30-22-12-8-19(9-13-22)26-16-21-4-2-14-27(21)20-10-6-17(7-11-20)24(28)29/h1-16H,(H,28,29). The fourth-order valence-corrected chi connectivity index (χ4v) is 3.09. The molecule has 1 aromatic heterocycles. The third kappa shape index (κ3) is 4.59. The highest BCUT2D eigenvalue weighted by molar-refractivity contribution is 6.30. The van der Waals surface area contributed by atoms with Gasteiger partial charge < -0.3 is 14.4 Å². The van der Waals surface area contributed by atoms with Gasteiger partial charge in [0.1, 0.15) is 11.5 Å². The summed E-state index contributed by atoms with van der Waals surface area (Å²) in [6.45, 7) is 0. The molecule has 30 heavy (non-hydrogen) atoms. The van der Waals surface area contributed by atoms with E-state index in [-0.39, 0.29) is 5.56 Å². The Hall–Kier alpha value is -3.83. The Morgan fingerprint density at radius 1 is 0.933 bits per heavy atom. The fraction of sp³-hybridized carbons (Fsp3) is 0. The Labute approximate surface area is 178 Å². The second kappa shape index (κ2) is 8.68. The minimum absolute atomic E-state index is 0.251. The molecule has 1 heterocycles. The summed E-state index contributed by atoms with van der Waals surface area (Å²) < 4.78 is 7.72. The van der Waals surface area contributed by atoms with Crippen molar-refractivity contribution in [1.29, 1.82) is 0 Å². The normalized spacial score (nSPS) is 11.0. The van der Waals surface area contributed by atoms with Crippen molar-refractivity contribution >= 4 is 29.5 Å². The van der Waals surface area contributed by atoms with Crippen LogP contribution >= 0.6 is 11.6 Å². The van der Waals surface area contributed by atoms with Crippen LogP contribution in [0.15, 0.2) is 96.1 Å². The van der Waals surface area contributed by atoms with Gasteiger partial charge in [-0.25, -0.2) is 4.79 Å². The van der Waals surface area contributed by atoms with Crippen LogP contribution in [0.25, 0.3) is 5.69 Å². The number of nitrogens with zero attached hydrogens (tertiary/aromatic N) is 2. The first-order valence-corrected chi connectivity index (χ1v) is 9.55. The lowest BCUT2D eigenvalue weighted by molar-refractivity contribution is 0.0697. The first-order chi connectivity index (χ1) is 14.6. The SMILES string of the molecule is O=C(O)c1ccc(-n2cccc2C=Nc2ccc(Oc3cccc(Cl)c3)cc2)cc1. The zero-order valence-corrected chi connectivity index (χ0v) is 16.5. The van der Waals surface area contributed by atoms with Gasteiger partial charge in [-0.1, -0.05) is 17.7 Å². The first kappa shape index (κ1) is 19.5. The topological polar surface area (TPSA) is 63.8 Å². The van der Waals surface area contributed by atoms with Crippen LogP contribution in [0.5, 0.6) is 11.5 Å². The van der Waals surface area contributed by atoms with E-state index in [4.69, 9.17) is 21.4 Å². The molecule has 3 aromatic carbocycles. The number of carboxylic acid groups (broad SMARTS) is 1. The van der Waals surface area contributed by atoms with Gasteiger partial charge in [0, 0.05) is 16.9 Å². The molecule has 1 N–H and O–H groups in total. The summed E-state index contributed by atoms with van der Waals surface area (Å²) in [5.41, 5.74) is 2.76. The number of aromatic carboxylic acids is 1. The molecule has 0 aliphatic rings. The van der Waals surface area contributed by atoms with Crippen molar-refractivity contribution < 1.29 is 14.6 Å². The second-order valence-corrected chi connectivity index (χ2v) is 6.90. The van der Waals surface area contributed by atoms with Crippen molar-refractivity contribution in [2.45, 2.75) is 0 Å². The van der Waals surface area contributed by atoms with Crippen LogP contribution in [0.4, 0.5) is 5.69 Å². The van der Waals surface area contributed by atoms with E-state index < -0.39 is 5.97 Å². The Morgan fingerprint density at radius 2 is 1.70 bits per heavy atom. The van der Waals surface area contributed by atoms with Gasteiger partial charge in [-0.3, -0.25) is 4.99 Å². The monoisotopic (exact) mass is 416 g/mol. The Bertz CT molecular complexity index is 1200. The zero-order valence-electron chi connectivity index (χ0n) is 15.8. The van der Waals surface area contributed by atoms with Crippen LogP contribution in [0.1, 0.15) is 16.1 Å². The quantitative estimate of drug-likeness (QED) is 0.371. The molecule has 0 amide bonds. The largest absolute Gasteiger partial charge is 0.478 e. The number of carboxylic acids is 1. The smallest absolute Gasteiger partial charge is 0.335 e. The number of halogens is 1. The van der Waals surface area contributed by atoms with E-state index in [9.17, 15) is 4.79 Å². The second-order valence-electron chi connectivity index (χ2n) is 6.47. The van der Waals surface area contributed by atoms with E-state index in [0.717, 1.165) is 17.1 Å². The molecule has 148 valence electrons. The van der Waals surface area contributed by atoms with E-state index in [2.05, 4.69) is 4.99 Å². The highest BCUT2D eigenvalue weighted by Gasteiger charge is 2.05. The van der Waals surface area contributed by atoms with E-state index in [0.29, 0.717) is 16.5 Å². The van der Waals surface area contributed by atoms with E-state index in [1.165, 1.54) is 0 Å². The molecule has 0 saturated carbocycles. The highest BCUT2D eigenvalue weighted by Crippen LogP contribution is 2.26. The van der Waals surface area contributed by atoms with Gasteiger partial charge in [-0.15, -0.1) is 0 Å². The van der Waals surface area contributed by atoms with E-state index in [1.807, 2.05) is 59.3 Å². The third-order valence-corrected chi connectivity index (χ3v) is 4.62. The molecule has 0 bridgehead atoms. The van der Waals surface area contributed by atoms with Crippen molar-refractivity contribution in [3.8, 4) is 17.2 Å². The van der Waals surface area contributed by atoms with Gasteiger partial charge in [0.15, 0.2) is 0 Å². The molecule has 0 spiro atoms. The van der Waals surface area contributed by atoms with E-state index >= 15 is 0 Å². The number of benzene rings is 3. The molecule has 0 radical (unpaired) electrons. The number of ether oxygens (including phenoxy) is 1. The molecular weight excluding hydrogens is 400 g/mol. The molecule has 0 fully saturated rings. The molecule has 0 aliphatic carbocycles. The molecule has 4 rings (SSSR count). The summed E-state index contributed by atoms with van der Waals surface area (Å²) in [5, 5.41) is 9.66. The summed E-state index contributed by atoms with van der Waals surface area (Å²) in [5.74, 6) is 0.419. The lowest BCUT2D eigenvalue weighted by Crippen LogP contribution is -2.00. The molecule has 6 heteroatoms. The summed E-state index contributed by atoms with van der Waals surface area (Å²) >= 11 is 5.98. The summed E-state index contributed by atoms with van der Waals surface area (Å²) in [6, 6.07) is 25.2. The van der Waals surface area contributed by atoms with Crippen LogP contribution in [0.2, 0.25) is 5.02 Å². The van der Waals surface area contributed by atoms with Crippen LogP contribution in [0, 0.1) is 0 Å². The number of carbonyl (C=O) groups is 1. The van der Waals surface area contributed by atoms with Gasteiger partial charge in [0.2, 0.25) is 0 Å². The Kier molecular flexibility index (Phi) is 5.63. The van der Waals surface area contributed by atoms with Gasteiger partial charge in [0.05, 0.1) is 23.2 Å². The predicted molar refractivity (Wildman–Crippen MR) is 118 cm³/mol. The lowest BCUT2D eigenvalue weighted by Gasteiger charge is -2.07. The van der Waals surface area contributed by atoms with Gasteiger partial charge >= 0.3 is 5.97 Å². The summed E-state index contributed by atoms with van der Waals surface area (Å²) in [6.07, 6.45) is 3.66. The number of aliphatic imine (C=N–C) groups is 1. The maximum absolute atomic E-state index is 11.0. The van der Waals surface area contributed by atoms with Gasteiger partial charge in [-0.05, 0) is 78.9 Å². The molecular formula is C24H17ClN2O3. The zero-order chi connectivity index (χ0) is 20.9. The molecule has 0 atom stereocenters. The van der Waals surface area contributed by atoms with Gasteiger partial charge in [-0.2, -0.15) is 0 Å². The number of hydrogen-bond donors (Lipinski definition) is 1. The minimum Gasteiger partial charge on any atom is -0.478 e. The summed E-state index contributed by atoms with van der Waals surface area (Å²) in [7, 11) is 0. The lowest BCUT2D eigenvalue weighted by atomic mass is 10.2. The Balaban J connectivity index is 1.48. The number of aromatic nitrogens is 1. The fourth-order valence-electron chi connectivity index (χ4n) is 2.91. The highest BCUT2D eigenvalue weighted by atomic mass is 35.5. The molecule has 5 nitrogen and oxygen atoms in total. The molecule has 0 unspecified atom stereocenters. The van der Waals surface area contributed by atoms with Crippen LogP contribution < -0.4 is 4.74 Å². The van der Waals surface area contributed by atoms with Crippen molar-refractivity contribution in [3.05, 3.63) is 107 Å². The number of hydrogen-bond acceptors (Lipinski definition) is 3. The molecule has 4 aromatic rings. The van der Waals surface area contributed by atoms with Crippen molar-refractivity contribution in [2.24, 2.45) is 4.99 Å². The minimum atomic E-state index is -0.946. The average Bonchev–Trinajstić information content (AvgIpc) is 3.22. The van der Waals surface area contributed by atoms with Gasteiger partial charge in [0.25, 0.3) is 0 Å². The predicted octanol–water partition coefficient (Wildman–Crippen LogP) is 6.37. The maximum Gasteiger partial charge on any atom is 0.335 e. The van der Waals surface area contributed by atoms with Crippen LogP contribution in [0.3, 0.4) is 0 Å². The van der Waals surface area contributed by atoms with Crippen molar-refractivity contribution in [2.75, 3.05) is 0 Å². The van der Waals surface area contributed by atoms with Crippen molar-refractivity contribution in [1.82, 2.24) is 4.57 Å². The van der Waals surface area contributed by atoms with Crippen LogP contribution in [-0.2, 0) is 0 Å². The average molecular weight is 417 g/mol. The van der Waals surface area contributed by atoms with Crippen LogP contribution in [-0.4, -0.2) is 21.9 Å². The molecule has 0 saturated heterocycles. The number of rotatable bonds is 6.